The molecule has 2 fully saturated rings. The highest BCUT2D eigenvalue weighted by atomic mass is 19.1. The predicted molar refractivity (Wildman–Crippen MR) is 212 cm³/mol. The summed E-state index contributed by atoms with van der Waals surface area (Å²) in [5, 5.41) is 14.1. The number of nitrogens with one attached hydrogen (secondary N) is 3. The monoisotopic (exact) mass is 778 g/mol. The van der Waals surface area contributed by atoms with Crippen molar-refractivity contribution in [3.63, 3.8) is 0 Å². The number of H-pyrrole nitrogens is 2. The summed E-state index contributed by atoms with van der Waals surface area (Å²) in [6, 6.07) is 10.5. The molecule has 0 aliphatic carbocycles. The maximum atomic E-state index is 15.5. The van der Waals surface area contributed by atoms with Crippen molar-refractivity contribution >= 4 is 56.8 Å². The lowest BCUT2D eigenvalue weighted by atomic mass is 10.0. The zero-order chi connectivity index (χ0) is 40.7. The molecule has 0 spiro atoms. The van der Waals surface area contributed by atoms with Gasteiger partial charge in [-0.3, -0.25) is 14.5 Å². The Morgan fingerprint density at radius 1 is 0.895 bits per heavy atom. The Hall–Kier alpha value is -6.17. The van der Waals surface area contributed by atoms with E-state index in [4.69, 9.17) is 9.72 Å². The molecule has 4 amide bonds. The van der Waals surface area contributed by atoms with E-state index in [1.54, 1.807) is 15.9 Å². The number of halogens is 1. The van der Waals surface area contributed by atoms with Crippen LogP contribution in [-0.2, 0) is 14.3 Å². The summed E-state index contributed by atoms with van der Waals surface area (Å²) in [6.45, 7) is 8.39. The van der Waals surface area contributed by atoms with Gasteiger partial charge in [-0.2, -0.15) is 0 Å². The minimum atomic E-state index is -1.18. The summed E-state index contributed by atoms with van der Waals surface area (Å²) in [6.07, 6.45) is 1.05. The number of aromatic nitrogens is 4. The van der Waals surface area contributed by atoms with Crippen molar-refractivity contribution < 1.29 is 33.4 Å². The van der Waals surface area contributed by atoms with Gasteiger partial charge in [0.25, 0.3) is 0 Å². The van der Waals surface area contributed by atoms with E-state index in [0.717, 1.165) is 45.1 Å². The number of amides is 4. The minimum Gasteiger partial charge on any atom is -0.465 e. The van der Waals surface area contributed by atoms with Crippen LogP contribution in [0.3, 0.4) is 0 Å². The molecule has 2 aromatic heterocycles. The molecule has 2 aliphatic rings. The van der Waals surface area contributed by atoms with E-state index in [9.17, 15) is 24.3 Å². The second-order valence-electron chi connectivity index (χ2n) is 15.6. The fraction of sp³-hybridized carbons (Fsp3) is 0.429. The Labute approximate surface area is 329 Å². The molecule has 14 nitrogen and oxygen atoms in total. The summed E-state index contributed by atoms with van der Waals surface area (Å²) in [7, 11) is 2.67. The number of alkyl carbamates (subject to hydrolysis) is 1. The first-order valence-electron chi connectivity index (χ1n) is 19.3. The fourth-order valence-corrected chi connectivity index (χ4v) is 8.23. The lowest BCUT2D eigenvalue weighted by Crippen LogP contribution is -2.51. The number of imidazole rings is 2. The summed E-state index contributed by atoms with van der Waals surface area (Å²) >= 11 is 0. The average Bonchev–Trinajstić information content (AvgIpc) is 4.00. The zero-order valence-electron chi connectivity index (χ0n) is 32.9. The Morgan fingerprint density at radius 2 is 1.56 bits per heavy atom. The van der Waals surface area contributed by atoms with Gasteiger partial charge in [-0.15, -0.1) is 0 Å². The number of ether oxygens (including phenoxy) is 1. The molecule has 15 heteroatoms. The molecular weight excluding hydrogens is 732 g/mol. The lowest BCUT2D eigenvalue weighted by molar-refractivity contribution is -0.138. The van der Waals surface area contributed by atoms with E-state index in [1.165, 1.54) is 20.2 Å². The number of carbonyl (C=O) groups excluding carboxylic acids is 3. The van der Waals surface area contributed by atoms with E-state index in [1.807, 2.05) is 58.0 Å². The van der Waals surface area contributed by atoms with Gasteiger partial charge in [0.1, 0.15) is 29.2 Å². The Kier molecular flexibility index (Phi) is 10.8. The Balaban J connectivity index is 1.11. The molecule has 0 saturated carbocycles. The fourth-order valence-electron chi connectivity index (χ4n) is 8.23. The largest absolute Gasteiger partial charge is 0.465 e. The van der Waals surface area contributed by atoms with Crippen LogP contribution in [0.1, 0.15) is 88.2 Å². The molecule has 0 radical (unpaired) electrons. The number of likely N-dealkylation sites (tertiary alicyclic amines) is 2. The van der Waals surface area contributed by atoms with Crippen LogP contribution in [0, 0.1) is 29.5 Å². The lowest BCUT2D eigenvalue weighted by Gasteiger charge is -2.33. The molecule has 5 aromatic rings. The van der Waals surface area contributed by atoms with Crippen molar-refractivity contribution in [3.05, 3.63) is 71.1 Å². The topological polar surface area (TPSA) is 177 Å². The Morgan fingerprint density at radius 3 is 2.21 bits per heavy atom. The van der Waals surface area contributed by atoms with Crippen molar-refractivity contribution in [2.75, 3.05) is 27.2 Å². The number of benzene rings is 3. The van der Waals surface area contributed by atoms with E-state index < -0.39 is 36.1 Å². The van der Waals surface area contributed by atoms with Crippen LogP contribution in [-0.4, -0.2) is 103 Å². The van der Waals surface area contributed by atoms with Crippen LogP contribution in [0.5, 0.6) is 0 Å². The molecule has 7 rings (SSSR count). The van der Waals surface area contributed by atoms with Gasteiger partial charge in [0.15, 0.2) is 5.82 Å². The van der Waals surface area contributed by atoms with E-state index in [-0.39, 0.29) is 35.2 Å². The van der Waals surface area contributed by atoms with Gasteiger partial charge in [0, 0.05) is 36.7 Å². The number of aromatic amines is 2. The number of fused-ring (bicyclic) bond motifs is 4. The minimum absolute atomic E-state index is 0.138. The van der Waals surface area contributed by atoms with Gasteiger partial charge in [-0.1, -0.05) is 51.7 Å². The Bertz CT molecular complexity index is 2450. The normalized spacial score (nSPS) is 18.0. The number of rotatable bonds is 8. The second-order valence-corrected chi connectivity index (χ2v) is 15.6. The summed E-state index contributed by atoms with van der Waals surface area (Å²) in [4.78, 5) is 71.6. The van der Waals surface area contributed by atoms with Gasteiger partial charge < -0.3 is 34.9 Å². The molecular formula is C42H47FN8O6. The quantitative estimate of drug-likeness (QED) is 0.130. The van der Waals surface area contributed by atoms with Crippen molar-refractivity contribution in [1.29, 1.82) is 0 Å². The third-order valence-corrected chi connectivity index (χ3v) is 11.1. The van der Waals surface area contributed by atoms with Gasteiger partial charge >= 0.3 is 12.2 Å². The van der Waals surface area contributed by atoms with Gasteiger partial charge in [-0.25, -0.2) is 23.9 Å². The average molecular weight is 779 g/mol. The van der Waals surface area contributed by atoms with Crippen LogP contribution in [0.4, 0.5) is 14.0 Å². The number of likely N-dealkylation sites (N-methyl/N-ethyl adjacent to an activating group) is 1. The molecule has 3 aromatic carbocycles. The van der Waals surface area contributed by atoms with Crippen molar-refractivity contribution in [3.8, 4) is 11.8 Å². The number of methoxy groups -OCH3 is 1. The van der Waals surface area contributed by atoms with E-state index >= 15 is 4.39 Å². The van der Waals surface area contributed by atoms with Crippen LogP contribution < -0.4 is 5.32 Å². The molecule has 57 heavy (non-hydrogen) atoms. The molecule has 1 unspecified atom stereocenters. The van der Waals surface area contributed by atoms with Crippen LogP contribution in [0.2, 0.25) is 0 Å². The highest BCUT2D eigenvalue weighted by molar-refractivity contribution is 6.04. The van der Waals surface area contributed by atoms with Crippen LogP contribution in [0.25, 0.3) is 32.8 Å². The summed E-state index contributed by atoms with van der Waals surface area (Å²) in [5.74, 6) is 5.98. The van der Waals surface area contributed by atoms with Gasteiger partial charge in [-0.05, 0) is 73.2 Å². The van der Waals surface area contributed by atoms with E-state index in [0.29, 0.717) is 48.7 Å². The molecule has 2 aliphatic heterocycles. The first-order valence-corrected chi connectivity index (χ1v) is 19.3. The molecule has 4 heterocycles. The number of carbonyl (C=O) groups is 4. The highest BCUT2D eigenvalue weighted by Gasteiger charge is 2.40. The van der Waals surface area contributed by atoms with Gasteiger partial charge in [0.2, 0.25) is 11.8 Å². The standard InChI is InChI=1S/C42H47FN8O6/c1-22(2)33(48-41(54)57-6)39(52)50-17-7-9-31(50)37-44-29-16-14-26-19-24(13-15-27(26)34(29)46-37)11-12-25-20-28(43)35-30(21-25)45-38(47-35)32-10-8-18-51(32)40(53)36(23(3)4)49(5)42(55)56/h13-16,19-23,31-33,36H,7-10,17-18H2,1-6H3,(H,44,46)(H,45,47)(H,48,54)(H,55,56)/t31?,32-,33-,36-/m0/s1. The van der Waals surface area contributed by atoms with Crippen molar-refractivity contribution in [1.82, 2.24) is 40.0 Å². The summed E-state index contributed by atoms with van der Waals surface area (Å²) < 4.78 is 20.2. The second kappa shape index (κ2) is 15.8. The third kappa shape index (κ3) is 7.56. The van der Waals surface area contributed by atoms with E-state index in [2.05, 4.69) is 32.1 Å². The highest BCUT2D eigenvalue weighted by Crippen LogP contribution is 2.36. The number of hydrogen-bond acceptors (Lipinski definition) is 7. The predicted octanol–water partition coefficient (Wildman–Crippen LogP) is 6.47. The van der Waals surface area contributed by atoms with Crippen molar-refractivity contribution in [2.45, 2.75) is 77.5 Å². The zero-order valence-corrected chi connectivity index (χ0v) is 32.9. The molecule has 298 valence electrons. The molecule has 0 bridgehead atoms. The molecule has 4 N–H and O–H groups in total. The number of nitrogens with zero attached hydrogens (tertiary/aromatic N) is 5. The first kappa shape index (κ1) is 39.1. The maximum absolute atomic E-state index is 15.5. The maximum Gasteiger partial charge on any atom is 0.407 e. The number of carboxylic acid groups (broad SMARTS) is 1. The number of hydrogen-bond donors (Lipinski definition) is 4. The SMILES string of the molecule is COC(=O)N[C@H](C(=O)N1CCCC1c1nc2ccc3cc(C#Cc4cc(F)c5nc([C@@H]6CCCN6C(=O)[C@H](C(C)C)N(C)C(=O)O)[nH]c5c4)ccc3c2[nH]1)C(C)C. The molecule has 4 atom stereocenters. The van der Waals surface area contributed by atoms with Gasteiger partial charge in [0.05, 0.1) is 35.7 Å². The van der Waals surface area contributed by atoms with Crippen LogP contribution >= 0.6 is 0 Å². The van der Waals surface area contributed by atoms with Crippen LogP contribution in [0.15, 0.2) is 42.5 Å². The van der Waals surface area contributed by atoms with Crippen molar-refractivity contribution in [2.24, 2.45) is 11.8 Å². The third-order valence-electron chi connectivity index (χ3n) is 11.1. The first-order chi connectivity index (χ1) is 27.2. The smallest absolute Gasteiger partial charge is 0.407 e. The molecule has 2 saturated heterocycles. The summed E-state index contributed by atoms with van der Waals surface area (Å²) in [5.41, 5.74) is 3.38.